The van der Waals surface area contributed by atoms with E-state index in [2.05, 4.69) is 4.98 Å². The molecule has 0 aliphatic carbocycles. The van der Waals surface area contributed by atoms with Gasteiger partial charge in [0.2, 0.25) is 0 Å². The highest BCUT2D eigenvalue weighted by atomic mass is 19.4. The van der Waals surface area contributed by atoms with Gasteiger partial charge in [-0.1, -0.05) is 0 Å². The summed E-state index contributed by atoms with van der Waals surface area (Å²) in [6.45, 7) is 0.534. The van der Waals surface area contributed by atoms with Gasteiger partial charge in [0.1, 0.15) is 5.82 Å². The van der Waals surface area contributed by atoms with E-state index in [-0.39, 0.29) is 18.3 Å². The minimum absolute atomic E-state index is 0.0854. The molecule has 110 valence electrons. The number of piperidine rings is 1. The maximum atomic E-state index is 12.7. The number of carboxylic acids is 1. The van der Waals surface area contributed by atoms with Crippen molar-refractivity contribution in [3.05, 3.63) is 23.9 Å². The van der Waals surface area contributed by atoms with Gasteiger partial charge >= 0.3 is 12.1 Å². The molecule has 1 aliphatic heterocycles. The number of carboxylic acid groups (broad SMARTS) is 1. The van der Waals surface area contributed by atoms with Crippen molar-refractivity contribution in [2.24, 2.45) is 0 Å². The molecule has 0 saturated carbocycles. The molecule has 1 N–H and O–H groups in total. The number of carbonyl (C=O) groups is 1. The Bertz CT molecular complexity index is 491. The third-order valence-electron chi connectivity index (χ3n) is 3.40. The largest absolute Gasteiger partial charge is 0.481 e. The Morgan fingerprint density at radius 1 is 1.45 bits per heavy atom. The number of aromatic nitrogens is 1. The van der Waals surface area contributed by atoms with Crippen LogP contribution in [0.3, 0.4) is 0 Å². The monoisotopic (exact) mass is 288 g/mol. The van der Waals surface area contributed by atoms with E-state index in [4.69, 9.17) is 5.11 Å². The molecule has 1 saturated heterocycles. The summed E-state index contributed by atoms with van der Waals surface area (Å²) in [6, 6.07) is 1.61. The minimum atomic E-state index is -4.42. The van der Waals surface area contributed by atoms with Crippen molar-refractivity contribution >= 4 is 11.8 Å². The van der Waals surface area contributed by atoms with Crippen LogP contribution in [0.1, 0.15) is 31.2 Å². The quantitative estimate of drug-likeness (QED) is 0.929. The molecule has 1 atom stereocenters. The number of alkyl halides is 3. The van der Waals surface area contributed by atoms with Crippen molar-refractivity contribution in [1.29, 1.82) is 0 Å². The molecule has 20 heavy (non-hydrogen) atoms. The summed E-state index contributed by atoms with van der Waals surface area (Å²) >= 11 is 0. The highest BCUT2D eigenvalue weighted by molar-refractivity contribution is 5.68. The maximum absolute atomic E-state index is 12.7. The molecule has 0 amide bonds. The number of hydrogen-bond acceptors (Lipinski definition) is 3. The Kier molecular flexibility index (Phi) is 4.15. The van der Waals surface area contributed by atoms with Gasteiger partial charge in [0, 0.05) is 18.8 Å². The highest BCUT2D eigenvalue weighted by Crippen LogP contribution is 2.32. The molecule has 1 fully saturated rings. The molecule has 1 aromatic rings. The van der Waals surface area contributed by atoms with Crippen LogP contribution >= 0.6 is 0 Å². The second-order valence-corrected chi connectivity index (χ2v) is 4.84. The van der Waals surface area contributed by atoms with E-state index in [0.717, 1.165) is 31.2 Å². The first kappa shape index (κ1) is 14.6. The van der Waals surface area contributed by atoms with Gasteiger partial charge in [-0.2, -0.15) is 13.2 Å². The molecule has 2 rings (SSSR count). The lowest BCUT2D eigenvalue weighted by atomic mass is 9.99. The smallest absolute Gasteiger partial charge is 0.416 e. The fraction of sp³-hybridized carbons (Fsp3) is 0.538. The van der Waals surface area contributed by atoms with E-state index >= 15 is 0 Å². The van der Waals surface area contributed by atoms with Crippen molar-refractivity contribution in [3.63, 3.8) is 0 Å². The number of nitrogens with zero attached hydrogens (tertiary/aromatic N) is 2. The van der Waals surface area contributed by atoms with Crippen molar-refractivity contribution < 1.29 is 23.1 Å². The average molecular weight is 288 g/mol. The second kappa shape index (κ2) is 5.68. The summed E-state index contributed by atoms with van der Waals surface area (Å²) in [4.78, 5) is 16.5. The van der Waals surface area contributed by atoms with Gasteiger partial charge in [0.25, 0.3) is 0 Å². The Hall–Kier alpha value is -1.79. The van der Waals surface area contributed by atoms with Crippen LogP contribution in [0.5, 0.6) is 0 Å². The van der Waals surface area contributed by atoms with Crippen LogP contribution in [0.25, 0.3) is 0 Å². The first-order valence-corrected chi connectivity index (χ1v) is 6.39. The van der Waals surface area contributed by atoms with E-state index in [0.29, 0.717) is 13.0 Å². The zero-order chi connectivity index (χ0) is 14.8. The van der Waals surface area contributed by atoms with E-state index in [1.165, 1.54) is 0 Å². The van der Waals surface area contributed by atoms with Gasteiger partial charge in [-0.25, -0.2) is 4.98 Å². The summed E-state index contributed by atoms with van der Waals surface area (Å²) in [5.74, 6) is -0.750. The zero-order valence-electron chi connectivity index (χ0n) is 10.7. The van der Waals surface area contributed by atoms with Crippen LogP contribution in [0.15, 0.2) is 18.3 Å². The molecule has 2 heterocycles. The minimum Gasteiger partial charge on any atom is -0.481 e. The van der Waals surface area contributed by atoms with E-state index in [9.17, 15) is 18.0 Å². The van der Waals surface area contributed by atoms with Crippen molar-refractivity contribution in [2.75, 3.05) is 11.4 Å². The van der Waals surface area contributed by atoms with Crippen LogP contribution < -0.4 is 4.90 Å². The molecule has 0 bridgehead atoms. The first-order chi connectivity index (χ1) is 9.38. The summed E-state index contributed by atoms with van der Waals surface area (Å²) in [5.41, 5.74) is -0.762. The Balaban J connectivity index is 2.26. The molecule has 1 unspecified atom stereocenters. The number of aliphatic carboxylic acids is 1. The van der Waals surface area contributed by atoms with Crippen molar-refractivity contribution in [2.45, 2.75) is 37.9 Å². The topological polar surface area (TPSA) is 53.4 Å². The molecule has 0 aromatic carbocycles. The van der Waals surface area contributed by atoms with Crippen molar-refractivity contribution in [3.8, 4) is 0 Å². The lowest BCUT2D eigenvalue weighted by molar-refractivity contribution is -0.138. The van der Waals surface area contributed by atoms with E-state index in [1.807, 2.05) is 0 Å². The predicted molar refractivity (Wildman–Crippen MR) is 66.5 cm³/mol. The molecule has 4 nitrogen and oxygen atoms in total. The SMILES string of the molecule is O=C(O)CC1CCCCN1c1cc(C(F)(F)F)ccn1. The molecule has 1 aliphatic rings. The number of pyridine rings is 1. The molecular formula is C13H15F3N2O2. The van der Waals surface area contributed by atoms with Crippen LogP contribution in [-0.2, 0) is 11.0 Å². The van der Waals surface area contributed by atoms with E-state index in [1.54, 1.807) is 4.90 Å². The second-order valence-electron chi connectivity index (χ2n) is 4.84. The lowest BCUT2D eigenvalue weighted by Gasteiger charge is -2.36. The van der Waals surface area contributed by atoms with Crippen LogP contribution in [0, 0.1) is 0 Å². The summed E-state index contributed by atoms with van der Waals surface area (Å²) in [6.07, 6.45) is -1.02. The van der Waals surface area contributed by atoms with E-state index < -0.39 is 17.7 Å². The zero-order valence-corrected chi connectivity index (χ0v) is 10.7. The Morgan fingerprint density at radius 2 is 2.20 bits per heavy atom. The number of halogens is 3. The normalized spacial score (nSPS) is 19.9. The molecule has 1 aromatic heterocycles. The standard InChI is InChI=1S/C13H15F3N2O2/c14-13(15,16)9-4-5-17-11(7-9)18-6-2-1-3-10(18)8-12(19)20/h4-5,7,10H,1-3,6,8H2,(H,19,20). The maximum Gasteiger partial charge on any atom is 0.416 e. The predicted octanol–water partition coefficient (Wildman–Crippen LogP) is 2.93. The summed E-state index contributed by atoms with van der Waals surface area (Å²) in [7, 11) is 0. The summed E-state index contributed by atoms with van der Waals surface area (Å²) < 4.78 is 38.1. The van der Waals surface area contributed by atoms with Gasteiger partial charge < -0.3 is 10.0 Å². The highest BCUT2D eigenvalue weighted by Gasteiger charge is 2.32. The van der Waals surface area contributed by atoms with Crippen molar-refractivity contribution in [1.82, 2.24) is 4.98 Å². The number of hydrogen-bond donors (Lipinski definition) is 1. The van der Waals surface area contributed by atoms with Crippen LogP contribution in [0.2, 0.25) is 0 Å². The number of rotatable bonds is 3. The molecule has 0 spiro atoms. The van der Waals surface area contributed by atoms with Gasteiger partial charge in [-0.05, 0) is 31.4 Å². The van der Waals surface area contributed by atoms with Gasteiger partial charge in [-0.3, -0.25) is 4.79 Å². The third-order valence-corrected chi connectivity index (χ3v) is 3.40. The molecule has 7 heteroatoms. The van der Waals surface area contributed by atoms with Gasteiger partial charge in [0.05, 0.1) is 12.0 Å². The average Bonchev–Trinajstić information content (AvgIpc) is 2.38. The summed E-state index contributed by atoms with van der Waals surface area (Å²) in [5, 5.41) is 8.89. The Morgan fingerprint density at radius 3 is 2.85 bits per heavy atom. The fourth-order valence-corrected chi connectivity index (χ4v) is 2.47. The van der Waals surface area contributed by atoms with Gasteiger partial charge in [0.15, 0.2) is 0 Å². The lowest BCUT2D eigenvalue weighted by Crippen LogP contribution is -2.41. The Labute approximate surface area is 114 Å². The molecule has 0 radical (unpaired) electrons. The fourth-order valence-electron chi connectivity index (χ4n) is 2.47. The molecular weight excluding hydrogens is 273 g/mol. The number of anilines is 1. The van der Waals surface area contributed by atoms with Crippen LogP contribution in [0.4, 0.5) is 19.0 Å². The van der Waals surface area contributed by atoms with Crippen LogP contribution in [-0.4, -0.2) is 28.6 Å². The third kappa shape index (κ3) is 3.40. The first-order valence-electron chi connectivity index (χ1n) is 6.39. The van der Waals surface area contributed by atoms with Gasteiger partial charge in [-0.15, -0.1) is 0 Å².